The molecule has 0 fully saturated rings. The second kappa shape index (κ2) is 8.49. The lowest BCUT2D eigenvalue weighted by molar-refractivity contribution is -0.113. The topological polar surface area (TPSA) is 64.1 Å². The van der Waals surface area contributed by atoms with Gasteiger partial charge >= 0.3 is 0 Å². The SMILES string of the molecule is CCOc1ccc(NC(=O)CSc2ncnc3sc4c(c23)CC[C@@H](C)C4)cc1. The molecule has 0 unspecified atom stereocenters. The van der Waals surface area contributed by atoms with E-state index >= 15 is 0 Å². The summed E-state index contributed by atoms with van der Waals surface area (Å²) >= 11 is 3.27. The van der Waals surface area contributed by atoms with Crippen LogP contribution in [0.1, 0.15) is 30.7 Å². The molecule has 1 aliphatic carbocycles. The van der Waals surface area contributed by atoms with Crippen molar-refractivity contribution in [1.29, 1.82) is 0 Å². The summed E-state index contributed by atoms with van der Waals surface area (Å²) in [6, 6.07) is 7.43. The molecule has 2 heterocycles. The first-order chi connectivity index (χ1) is 13.6. The fourth-order valence-corrected chi connectivity index (χ4v) is 5.73. The highest BCUT2D eigenvalue weighted by atomic mass is 32.2. The molecule has 1 aromatic carbocycles. The molecule has 0 spiro atoms. The van der Waals surface area contributed by atoms with Crippen molar-refractivity contribution >= 4 is 44.9 Å². The maximum Gasteiger partial charge on any atom is 0.234 e. The third-order valence-electron chi connectivity index (χ3n) is 4.85. The van der Waals surface area contributed by atoms with E-state index in [4.69, 9.17) is 4.74 Å². The minimum absolute atomic E-state index is 0.0429. The van der Waals surface area contributed by atoms with Gasteiger partial charge in [0.2, 0.25) is 5.91 Å². The molecule has 0 saturated heterocycles. The average molecular weight is 414 g/mol. The summed E-state index contributed by atoms with van der Waals surface area (Å²) in [5.41, 5.74) is 2.16. The largest absolute Gasteiger partial charge is 0.494 e. The standard InChI is InChI=1S/C21H23N3O2S2/c1-3-26-15-7-5-14(6-8-15)24-18(25)11-27-20-19-16-9-4-13(2)10-17(16)28-21(19)23-12-22-20/h5-8,12-13H,3-4,9-11H2,1-2H3,(H,24,25)/t13-/m1/s1. The Morgan fingerprint density at radius 2 is 2.14 bits per heavy atom. The number of fused-ring (bicyclic) bond motifs is 3. The van der Waals surface area contributed by atoms with Gasteiger partial charge in [-0.3, -0.25) is 4.79 Å². The van der Waals surface area contributed by atoms with Crippen LogP contribution in [0.2, 0.25) is 0 Å². The van der Waals surface area contributed by atoms with Gasteiger partial charge in [-0.15, -0.1) is 11.3 Å². The second-order valence-electron chi connectivity index (χ2n) is 7.00. The summed E-state index contributed by atoms with van der Waals surface area (Å²) in [6.07, 6.45) is 5.02. The van der Waals surface area contributed by atoms with Crippen LogP contribution in [-0.2, 0) is 17.6 Å². The van der Waals surface area contributed by atoms with Crippen molar-refractivity contribution in [3.63, 3.8) is 0 Å². The van der Waals surface area contributed by atoms with Gasteiger partial charge < -0.3 is 10.1 Å². The fraction of sp³-hybridized carbons (Fsp3) is 0.381. The van der Waals surface area contributed by atoms with Crippen LogP contribution < -0.4 is 10.1 Å². The van der Waals surface area contributed by atoms with Gasteiger partial charge in [0.05, 0.1) is 12.4 Å². The Hall–Kier alpha value is -2.12. The number of nitrogens with zero attached hydrogens (tertiary/aromatic N) is 2. The zero-order valence-electron chi connectivity index (χ0n) is 16.0. The van der Waals surface area contributed by atoms with Gasteiger partial charge in [-0.1, -0.05) is 18.7 Å². The van der Waals surface area contributed by atoms with Crippen LogP contribution in [-0.4, -0.2) is 28.2 Å². The number of carbonyl (C=O) groups is 1. The summed E-state index contributed by atoms with van der Waals surface area (Å²) in [4.78, 5) is 23.8. The van der Waals surface area contributed by atoms with Crippen molar-refractivity contribution in [2.24, 2.45) is 5.92 Å². The fourth-order valence-electron chi connectivity index (χ4n) is 3.49. The molecular weight excluding hydrogens is 390 g/mol. The first-order valence-corrected chi connectivity index (χ1v) is 11.3. The molecule has 7 heteroatoms. The molecule has 0 bridgehead atoms. The van der Waals surface area contributed by atoms with Crippen molar-refractivity contribution in [2.75, 3.05) is 17.7 Å². The minimum Gasteiger partial charge on any atom is -0.494 e. The highest BCUT2D eigenvalue weighted by molar-refractivity contribution is 8.00. The summed E-state index contributed by atoms with van der Waals surface area (Å²) in [5, 5.41) is 5.01. The number of thioether (sulfide) groups is 1. The maximum atomic E-state index is 12.4. The van der Waals surface area contributed by atoms with E-state index in [-0.39, 0.29) is 5.91 Å². The van der Waals surface area contributed by atoms with Gasteiger partial charge in [-0.05, 0) is 61.9 Å². The molecule has 146 valence electrons. The molecule has 1 aliphatic rings. The number of hydrogen-bond donors (Lipinski definition) is 1. The Morgan fingerprint density at radius 1 is 1.32 bits per heavy atom. The number of ether oxygens (including phenoxy) is 1. The normalized spacial score (nSPS) is 16.0. The van der Waals surface area contributed by atoms with Crippen molar-refractivity contribution < 1.29 is 9.53 Å². The van der Waals surface area contributed by atoms with Crippen molar-refractivity contribution in [1.82, 2.24) is 9.97 Å². The van der Waals surface area contributed by atoms with Gasteiger partial charge in [-0.2, -0.15) is 0 Å². The number of anilines is 1. The van der Waals surface area contributed by atoms with Crippen LogP contribution in [0.3, 0.4) is 0 Å². The summed E-state index contributed by atoms with van der Waals surface area (Å²) in [6.45, 7) is 4.88. The quantitative estimate of drug-likeness (QED) is 0.458. The maximum absolute atomic E-state index is 12.4. The molecular formula is C21H23N3O2S2. The molecule has 4 rings (SSSR count). The first-order valence-electron chi connectivity index (χ1n) is 9.54. The van der Waals surface area contributed by atoms with Crippen LogP contribution >= 0.6 is 23.1 Å². The van der Waals surface area contributed by atoms with Gasteiger partial charge in [0.1, 0.15) is 21.9 Å². The summed E-state index contributed by atoms with van der Waals surface area (Å²) in [5.74, 6) is 1.80. The molecule has 28 heavy (non-hydrogen) atoms. The number of aryl methyl sites for hydroxylation is 1. The zero-order chi connectivity index (χ0) is 19.5. The third-order valence-corrected chi connectivity index (χ3v) is 7.00. The van der Waals surface area contributed by atoms with E-state index < -0.39 is 0 Å². The number of hydrogen-bond acceptors (Lipinski definition) is 6. The van der Waals surface area contributed by atoms with Gasteiger partial charge in [0.15, 0.2) is 0 Å². The Morgan fingerprint density at radius 3 is 2.93 bits per heavy atom. The number of carbonyl (C=O) groups excluding carboxylic acids is 1. The van der Waals surface area contributed by atoms with E-state index in [2.05, 4.69) is 22.2 Å². The lowest BCUT2D eigenvalue weighted by Crippen LogP contribution is -2.14. The lowest BCUT2D eigenvalue weighted by atomic mass is 9.89. The van der Waals surface area contributed by atoms with Crippen LogP contribution in [0.15, 0.2) is 35.6 Å². The molecule has 3 aromatic rings. The molecule has 1 amide bonds. The molecule has 0 saturated carbocycles. The monoisotopic (exact) mass is 413 g/mol. The third kappa shape index (κ3) is 4.15. The molecule has 2 aromatic heterocycles. The first kappa shape index (κ1) is 19.2. The smallest absolute Gasteiger partial charge is 0.234 e. The number of nitrogens with one attached hydrogen (secondary N) is 1. The van der Waals surface area contributed by atoms with Crippen LogP contribution in [0.4, 0.5) is 5.69 Å². The molecule has 1 N–H and O–H groups in total. The zero-order valence-corrected chi connectivity index (χ0v) is 17.7. The van der Waals surface area contributed by atoms with Gasteiger partial charge in [-0.25, -0.2) is 9.97 Å². The number of benzene rings is 1. The van der Waals surface area contributed by atoms with E-state index in [0.29, 0.717) is 12.4 Å². The Balaban J connectivity index is 1.44. The molecule has 1 atom stereocenters. The van der Waals surface area contributed by atoms with E-state index in [0.717, 1.165) is 45.4 Å². The minimum atomic E-state index is -0.0429. The van der Waals surface area contributed by atoms with Crippen molar-refractivity contribution in [2.45, 2.75) is 38.1 Å². The number of thiophene rings is 1. The average Bonchev–Trinajstić information content (AvgIpc) is 3.06. The van der Waals surface area contributed by atoms with E-state index in [9.17, 15) is 4.79 Å². The van der Waals surface area contributed by atoms with Crippen molar-refractivity contribution in [3.8, 4) is 5.75 Å². The Bertz CT molecular complexity index is 985. The molecule has 0 aliphatic heterocycles. The van der Waals surface area contributed by atoms with Gasteiger partial charge in [0.25, 0.3) is 0 Å². The van der Waals surface area contributed by atoms with Crippen molar-refractivity contribution in [3.05, 3.63) is 41.0 Å². The predicted molar refractivity (Wildman–Crippen MR) is 116 cm³/mol. The van der Waals surface area contributed by atoms with Crippen LogP contribution in [0.25, 0.3) is 10.2 Å². The second-order valence-corrected chi connectivity index (χ2v) is 9.05. The van der Waals surface area contributed by atoms with E-state index in [1.807, 2.05) is 31.2 Å². The number of rotatable bonds is 6. The Labute approximate surface area is 172 Å². The lowest BCUT2D eigenvalue weighted by Gasteiger charge is -2.18. The molecule has 0 radical (unpaired) electrons. The van der Waals surface area contributed by atoms with E-state index in [1.54, 1.807) is 17.7 Å². The van der Waals surface area contributed by atoms with E-state index in [1.165, 1.54) is 28.6 Å². The Kier molecular flexibility index (Phi) is 5.82. The van der Waals surface area contributed by atoms with Crippen LogP contribution in [0, 0.1) is 5.92 Å². The number of aromatic nitrogens is 2. The summed E-state index contributed by atoms with van der Waals surface area (Å²) in [7, 11) is 0. The van der Waals surface area contributed by atoms with Crippen LogP contribution in [0.5, 0.6) is 5.75 Å². The summed E-state index contributed by atoms with van der Waals surface area (Å²) < 4.78 is 5.43. The predicted octanol–water partition coefficient (Wildman–Crippen LogP) is 4.95. The highest BCUT2D eigenvalue weighted by Crippen LogP contribution is 2.40. The number of amides is 1. The molecule has 5 nitrogen and oxygen atoms in total. The highest BCUT2D eigenvalue weighted by Gasteiger charge is 2.23. The van der Waals surface area contributed by atoms with Gasteiger partial charge in [0, 0.05) is 16.0 Å².